The maximum atomic E-state index is 10.1. The third-order valence-corrected chi connectivity index (χ3v) is 3.48. The molecule has 1 N–H and O–H groups in total. The van der Waals surface area contributed by atoms with Crippen LogP contribution < -0.4 is 4.74 Å². The van der Waals surface area contributed by atoms with E-state index in [-0.39, 0.29) is 0 Å². The van der Waals surface area contributed by atoms with Gasteiger partial charge in [-0.2, -0.15) is 0 Å². The highest BCUT2D eigenvalue weighted by Gasteiger charge is 2.44. The molecule has 0 heterocycles. The number of hydrogen-bond donors (Lipinski definition) is 1. The number of benzene rings is 1. The van der Waals surface area contributed by atoms with E-state index in [9.17, 15) is 5.11 Å². The Morgan fingerprint density at radius 3 is 2.67 bits per heavy atom. The van der Waals surface area contributed by atoms with Crippen LogP contribution in [0.4, 0.5) is 0 Å². The average Bonchev–Trinajstić information content (AvgIpc) is 3.08. The summed E-state index contributed by atoms with van der Waals surface area (Å²) in [4.78, 5) is 0. The van der Waals surface area contributed by atoms with Crippen molar-refractivity contribution in [3.05, 3.63) is 28.2 Å². The fourth-order valence-corrected chi connectivity index (χ4v) is 2.08. The highest BCUT2D eigenvalue weighted by atomic mass is 79.9. The van der Waals surface area contributed by atoms with Gasteiger partial charge in [-0.15, -0.1) is 0 Å². The van der Waals surface area contributed by atoms with Crippen LogP contribution in [-0.4, -0.2) is 11.2 Å². The van der Waals surface area contributed by atoms with Crippen LogP contribution in [0.5, 0.6) is 5.75 Å². The largest absolute Gasteiger partial charge is 0.490 e. The van der Waals surface area contributed by atoms with Gasteiger partial charge in [0.2, 0.25) is 0 Å². The van der Waals surface area contributed by atoms with Gasteiger partial charge >= 0.3 is 0 Å². The Labute approximate surface area is 97.4 Å². The summed E-state index contributed by atoms with van der Waals surface area (Å²) in [5.74, 6) is 0.862. The Hall–Kier alpha value is -0.540. The summed E-state index contributed by atoms with van der Waals surface area (Å²) < 4.78 is 6.80. The van der Waals surface area contributed by atoms with Crippen molar-refractivity contribution in [2.24, 2.45) is 0 Å². The molecule has 3 rings (SSSR count). The highest BCUT2D eigenvalue weighted by Crippen LogP contribution is 2.50. The molecule has 15 heavy (non-hydrogen) atoms. The molecule has 0 amide bonds. The Balaban J connectivity index is 1.96. The van der Waals surface area contributed by atoms with Crippen LogP contribution in [0.25, 0.3) is 0 Å². The van der Waals surface area contributed by atoms with Gasteiger partial charge in [0, 0.05) is 10.0 Å². The number of halogens is 1. The van der Waals surface area contributed by atoms with E-state index in [4.69, 9.17) is 4.74 Å². The van der Waals surface area contributed by atoms with Gasteiger partial charge in [-0.1, -0.05) is 15.9 Å². The molecule has 0 aromatic heterocycles. The Bertz CT molecular complexity index is 395. The van der Waals surface area contributed by atoms with Gasteiger partial charge in [0.05, 0.1) is 11.7 Å². The first-order valence-electron chi connectivity index (χ1n) is 5.36. The maximum Gasteiger partial charge on any atom is 0.125 e. The number of aliphatic hydroxyl groups is 1. The normalized spacial score (nSPS) is 22.5. The Morgan fingerprint density at radius 1 is 1.33 bits per heavy atom. The summed E-state index contributed by atoms with van der Waals surface area (Å²) in [6, 6.07) is 5.89. The van der Waals surface area contributed by atoms with Crippen LogP contribution in [0.15, 0.2) is 22.7 Å². The zero-order valence-corrected chi connectivity index (χ0v) is 9.96. The van der Waals surface area contributed by atoms with Crippen LogP contribution in [0.2, 0.25) is 0 Å². The first kappa shape index (κ1) is 9.67. The van der Waals surface area contributed by atoms with Crippen LogP contribution in [0.1, 0.15) is 31.2 Å². The SMILES string of the molecule is OC1(c2cc(Br)ccc2OC2CC2)CC1. The van der Waals surface area contributed by atoms with Gasteiger partial charge in [0.15, 0.2) is 0 Å². The van der Waals surface area contributed by atoms with Crippen LogP contribution >= 0.6 is 15.9 Å². The zero-order valence-electron chi connectivity index (χ0n) is 8.37. The Kier molecular flexibility index (Phi) is 2.08. The molecule has 2 aliphatic rings. The highest BCUT2D eigenvalue weighted by molar-refractivity contribution is 9.10. The molecule has 0 spiro atoms. The maximum absolute atomic E-state index is 10.1. The van der Waals surface area contributed by atoms with E-state index in [1.54, 1.807) is 0 Å². The fraction of sp³-hybridized carbons (Fsp3) is 0.500. The minimum atomic E-state index is -0.617. The first-order valence-corrected chi connectivity index (χ1v) is 6.16. The molecular weight excluding hydrogens is 256 g/mol. The van der Waals surface area contributed by atoms with Crippen molar-refractivity contribution in [3.8, 4) is 5.75 Å². The average molecular weight is 269 g/mol. The minimum Gasteiger partial charge on any atom is -0.490 e. The summed E-state index contributed by atoms with van der Waals surface area (Å²) >= 11 is 3.43. The molecule has 80 valence electrons. The van der Waals surface area contributed by atoms with Crippen molar-refractivity contribution >= 4 is 15.9 Å². The van der Waals surface area contributed by atoms with Crippen LogP contribution in [-0.2, 0) is 5.60 Å². The smallest absolute Gasteiger partial charge is 0.125 e. The topological polar surface area (TPSA) is 29.5 Å². The molecule has 2 saturated carbocycles. The van der Waals surface area contributed by atoms with Gasteiger partial charge < -0.3 is 9.84 Å². The van der Waals surface area contributed by atoms with Gasteiger partial charge in [-0.05, 0) is 43.9 Å². The summed E-state index contributed by atoms with van der Waals surface area (Å²) in [5.41, 5.74) is 0.331. The lowest BCUT2D eigenvalue weighted by atomic mass is 10.1. The molecule has 1 aromatic rings. The molecule has 0 radical (unpaired) electrons. The van der Waals surface area contributed by atoms with E-state index in [1.807, 2.05) is 18.2 Å². The molecule has 1 aromatic carbocycles. The van der Waals surface area contributed by atoms with E-state index in [2.05, 4.69) is 15.9 Å². The van der Waals surface area contributed by atoms with E-state index < -0.39 is 5.60 Å². The van der Waals surface area contributed by atoms with Crippen molar-refractivity contribution in [1.82, 2.24) is 0 Å². The standard InChI is InChI=1S/C12H13BrO2/c13-8-1-4-11(15-9-2-3-9)10(7-8)12(14)5-6-12/h1,4,7,9,14H,2-3,5-6H2. The van der Waals surface area contributed by atoms with Gasteiger partial charge in [-0.3, -0.25) is 0 Å². The summed E-state index contributed by atoms with van der Waals surface area (Å²) in [5, 5.41) is 10.1. The molecule has 0 unspecified atom stereocenters. The lowest BCUT2D eigenvalue weighted by Gasteiger charge is -2.15. The predicted octanol–water partition coefficient (Wildman–Crippen LogP) is 2.97. The van der Waals surface area contributed by atoms with Crippen LogP contribution in [0, 0.1) is 0 Å². The van der Waals surface area contributed by atoms with Crippen LogP contribution in [0.3, 0.4) is 0 Å². The van der Waals surface area contributed by atoms with Crippen molar-refractivity contribution in [3.63, 3.8) is 0 Å². The second-order valence-electron chi connectivity index (χ2n) is 4.49. The van der Waals surface area contributed by atoms with E-state index in [1.165, 1.54) is 0 Å². The molecular formula is C12H13BrO2. The zero-order chi connectivity index (χ0) is 10.5. The first-order chi connectivity index (χ1) is 7.17. The van der Waals surface area contributed by atoms with Gasteiger partial charge in [-0.25, -0.2) is 0 Å². The van der Waals surface area contributed by atoms with Gasteiger partial charge in [0.1, 0.15) is 5.75 Å². The number of ether oxygens (including phenoxy) is 1. The molecule has 0 saturated heterocycles. The molecule has 2 aliphatic carbocycles. The van der Waals surface area contributed by atoms with Gasteiger partial charge in [0.25, 0.3) is 0 Å². The van der Waals surface area contributed by atoms with Crippen molar-refractivity contribution in [2.75, 3.05) is 0 Å². The van der Waals surface area contributed by atoms with E-state index in [0.29, 0.717) is 6.10 Å². The molecule has 0 atom stereocenters. The Morgan fingerprint density at radius 2 is 2.07 bits per heavy atom. The third-order valence-electron chi connectivity index (χ3n) is 2.98. The lowest BCUT2D eigenvalue weighted by molar-refractivity contribution is 0.145. The van der Waals surface area contributed by atoms with E-state index >= 15 is 0 Å². The second kappa shape index (κ2) is 3.22. The summed E-state index contributed by atoms with van der Waals surface area (Å²) in [7, 11) is 0. The molecule has 2 fully saturated rings. The quantitative estimate of drug-likeness (QED) is 0.914. The predicted molar refractivity (Wildman–Crippen MR) is 60.9 cm³/mol. The number of rotatable bonds is 3. The monoisotopic (exact) mass is 268 g/mol. The van der Waals surface area contributed by atoms with Crippen molar-refractivity contribution < 1.29 is 9.84 Å². The fourth-order valence-electron chi connectivity index (χ4n) is 1.72. The number of hydrogen-bond acceptors (Lipinski definition) is 2. The molecule has 3 heteroatoms. The van der Waals surface area contributed by atoms with E-state index in [0.717, 1.165) is 41.5 Å². The molecule has 0 bridgehead atoms. The lowest BCUT2D eigenvalue weighted by Crippen LogP contribution is -2.09. The van der Waals surface area contributed by atoms with Crippen molar-refractivity contribution in [1.29, 1.82) is 0 Å². The summed E-state index contributed by atoms with van der Waals surface area (Å²) in [6.45, 7) is 0. The summed E-state index contributed by atoms with van der Waals surface area (Å²) in [6.07, 6.45) is 4.38. The molecule has 2 nitrogen and oxygen atoms in total. The van der Waals surface area contributed by atoms with Crippen molar-refractivity contribution in [2.45, 2.75) is 37.4 Å². The minimum absolute atomic E-state index is 0.382. The molecule has 0 aliphatic heterocycles. The second-order valence-corrected chi connectivity index (χ2v) is 5.40. The third kappa shape index (κ3) is 1.91.